The third-order valence-corrected chi connectivity index (χ3v) is 6.79. The first-order chi connectivity index (χ1) is 16.2. The normalized spacial score (nSPS) is 24.9. The van der Waals surface area contributed by atoms with Gasteiger partial charge in [-0.15, -0.1) is 0 Å². The van der Waals surface area contributed by atoms with Crippen molar-refractivity contribution in [3.05, 3.63) is 35.9 Å². The number of rotatable bonds is 9. The SMILES string of the molecule is CCCCCCC[C@H]1OC(=O)CC[C@H](Cc2ccccc2)N(C)C(=O)[C@H](C(C)C)OC(=O)[C@H]1C. The predicted octanol–water partition coefficient (Wildman–Crippen LogP) is 5.33. The van der Waals surface area contributed by atoms with E-state index in [4.69, 9.17) is 9.47 Å². The number of carbonyl (C=O) groups excluding carboxylic acids is 3. The van der Waals surface area contributed by atoms with Gasteiger partial charge >= 0.3 is 11.9 Å². The minimum Gasteiger partial charge on any atom is -0.461 e. The zero-order chi connectivity index (χ0) is 25.1. The lowest BCUT2D eigenvalue weighted by molar-refractivity contribution is -0.174. The molecule has 6 nitrogen and oxygen atoms in total. The Morgan fingerprint density at radius 3 is 2.32 bits per heavy atom. The van der Waals surface area contributed by atoms with E-state index in [0.717, 1.165) is 31.2 Å². The minimum absolute atomic E-state index is 0.165. The molecule has 1 fully saturated rings. The Morgan fingerprint density at radius 2 is 1.68 bits per heavy atom. The summed E-state index contributed by atoms with van der Waals surface area (Å²) in [6.07, 6.45) is 5.94. The molecule has 1 saturated heterocycles. The number of esters is 2. The average Bonchev–Trinajstić information content (AvgIpc) is 2.82. The van der Waals surface area contributed by atoms with Crippen LogP contribution in [0.5, 0.6) is 0 Å². The maximum atomic E-state index is 13.4. The Bertz CT molecular complexity index is 778. The summed E-state index contributed by atoms with van der Waals surface area (Å²) < 4.78 is 11.6. The molecule has 1 amide bonds. The first-order valence-electron chi connectivity index (χ1n) is 12.9. The molecule has 1 aliphatic rings. The van der Waals surface area contributed by atoms with Crippen molar-refractivity contribution < 1.29 is 23.9 Å². The van der Waals surface area contributed by atoms with Gasteiger partial charge in [0.05, 0.1) is 5.92 Å². The molecule has 0 unspecified atom stereocenters. The van der Waals surface area contributed by atoms with Crippen molar-refractivity contribution in [3.8, 4) is 0 Å². The number of hydrogen-bond donors (Lipinski definition) is 0. The number of benzene rings is 1. The highest BCUT2D eigenvalue weighted by atomic mass is 16.6. The van der Waals surface area contributed by atoms with Crippen molar-refractivity contribution >= 4 is 17.8 Å². The van der Waals surface area contributed by atoms with Gasteiger partial charge in [-0.2, -0.15) is 0 Å². The molecule has 190 valence electrons. The largest absolute Gasteiger partial charge is 0.461 e. The monoisotopic (exact) mass is 473 g/mol. The van der Waals surface area contributed by atoms with Gasteiger partial charge in [-0.25, -0.2) is 0 Å². The average molecular weight is 474 g/mol. The van der Waals surface area contributed by atoms with E-state index in [-0.39, 0.29) is 30.3 Å². The van der Waals surface area contributed by atoms with Crippen LogP contribution < -0.4 is 0 Å². The van der Waals surface area contributed by atoms with Gasteiger partial charge in [0.1, 0.15) is 6.10 Å². The van der Waals surface area contributed by atoms with Crippen molar-refractivity contribution in [2.75, 3.05) is 7.05 Å². The van der Waals surface area contributed by atoms with Gasteiger partial charge < -0.3 is 14.4 Å². The highest BCUT2D eigenvalue weighted by Gasteiger charge is 2.37. The number of likely N-dealkylation sites (N-methyl/N-ethyl adjacent to an activating group) is 1. The van der Waals surface area contributed by atoms with E-state index in [2.05, 4.69) is 6.92 Å². The Labute approximate surface area is 205 Å². The topological polar surface area (TPSA) is 72.9 Å². The van der Waals surface area contributed by atoms with Crippen LogP contribution in [0.15, 0.2) is 30.3 Å². The van der Waals surface area contributed by atoms with Crippen LogP contribution in [0.3, 0.4) is 0 Å². The number of carbonyl (C=O) groups is 3. The molecule has 34 heavy (non-hydrogen) atoms. The highest BCUT2D eigenvalue weighted by molar-refractivity contribution is 5.85. The zero-order valence-corrected chi connectivity index (χ0v) is 21.6. The van der Waals surface area contributed by atoms with Crippen LogP contribution in [0.1, 0.15) is 84.6 Å². The van der Waals surface area contributed by atoms with Crippen molar-refractivity contribution in [2.45, 2.75) is 104 Å². The molecule has 0 saturated carbocycles. The number of nitrogens with zero attached hydrogens (tertiary/aromatic N) is 1. The third kappa shape index (κ3) is 8.44. The summed E-state index contributed by atoms with van der Waals surface area (Å²) in [6, 6.07) is 9.71. The predicted molar refractivity (Wildman–Crippen MR) is 133 cm³/mol. The molecule has 1 aromatic rings. The number of cyclic esters (lactones) is 2. The van der Waals surface area contributed by atoms with E-state index >= 15 is 0 Å². The number of unbranched alkanes of at least 4 members (excludes halogenated alkanes) is 4. The van der Waals surface area contributed by atoms with Crippen molar-refractivity contribution in [1.29, 1.82) is 0 Å². The molecule has 1 heterocycles. The van der Waals surface area contributed by atoms with Crippen LogP contribution in [0.25, 0.3) is 0 Å². The maximum Gasteiger partial charge on any atom is 0.313 e. The molecule has 2 rings (SSSR count). The van der Waals surface area contributed by atoms with Gasteiger partial charge in [-0.05, 0) is 44.1 Å². The Morgan fingerprint density at radius 1 is 1.00 bits per heavy atom. The smallest absolute Gasteiger partial charge is 0.313 e. The van der Waals surface area contributed by atoms with Crippen molar-refractivity contribution in [3.63, 3.8) is 0 Å². The lowest BCUT2D eigenvalue weighted by Crippen LogP contribution is -2.49. The second-order valence-electron chi connectivity index (χ2n) is 9.95. The molecule has 0 N–H and O–H groups in total. The summed E-state index contributed by atoms with van der Waals surface area (Å²) in [6.45, 7) is 7.68. The van der Waals surface area contributed by atoms with E-state index in [1.54, 1.807) is 18.9 Å². The van der Waals surface area contributed by atoms with E-state index in [0.29, 0.717) is 19.3 Å². The summed E-state index contributed by atoms with van der Waals surface area (Å²) in [5, 5.41) is 0. The molecule has 0 aromatic heterocycles. The number of amides is 1. The van der Waals surface area contributed by atoms with Crippen LogP contribution >= 0.6 is 0 Å². The Balaban J connectivity index is 2.23. The van der Waals surface area contributed by atoms with E-state index in [1.807, 2.05) is 44.2 Å². The first kappa shape index (κ1) is 27.9. The second-order valence-corrected chi connectivity index (χ2v) is 9.95. The van der Waals surface area contributed by atoms with Crippen LogP contribution in [0.4, 0.5) is 0 Å². The van der Waals surface area contributed by atoms with Gasteiger partial charge in [0.15, 0.2) is 6.10 Å². The zero-order valence-electron chi connectivity index (χ0n) is 21.6. The lowest BCUT2D eigenvalue weighted by Gasteiger charge is -2.34. The van der Waals surface area contributed by atoms with E-state index < -0.39 is 24.1 Å². The lowest BCUT2D eigenvalue weighted by atomic mass is 9.96. The maximum absolute atomic E-state index is 13.4. The summed E-state index contributed by atoms with van der Waals surface area (Å²) in [7, 11) is 1.73. The quantitative estimate of drug-likeness (QED) is 0.358. The summed E-state index contributed by atoms with van der Waals surface area (Å²) >= 11 is 0. The van der Waals surface area contributed by atoms with Crippen molar-refractivity contribution in [2.24, 2.45) is 11.8 Å². The van der Waals surface area contributed by atoms with Gasteiger partial charge in [-0.3, -0.25) is 14.4 Å². The molecule has 4 atom stereocenters. The molecular weight excluding hydrogens is 430 g/mol. The van der Waals surface area contributed by atoms with Gasteiger partial charge in [-0.1, -0.05) is 76.8 Å². The van der Waals surface area contributed by atoms with Gasteiger partial charge in [0.2, 0.25) is 0 Å². The molecule has 0 bridgehead atoms. The molecule has 1 aromatic carbocycles. The summed E-state index contributed by atoms with van der Waals surface area (Å²) in [4.78, 5) is 40.9. The van der Waals surface area contributed by atoms with Crippen LogP contribution in [0.2, 0.25) is 0 Å². The number of hydrogen-bond acceptors (Lipinski definition) is 5. The number of ether oxygens (including phenoxy) is 2. The van der Waals surface area contributed by atoms with Gasteiger partial charge in [0.25, 0.3) is 5.91 Å². The van der Waals surface area contributed by atoms with Crippen molar-refractivity contribution in [1.82, 2.24) is 4.90 Å². The Hall–Kier alpha value is -2.37. The summed E-state index contributed by atoms with van der Waals surface area (Å²) in [5.41, 5.74) is 1.09. The standard InChI is InChI=1S/C28H43NO5/c1-6-7-8-9-13-16-24-21(4)28(32)34-26(20(2)3)27(31)29(5)23(17-18-25(30)33-24)19-22-14-11-10-12-15-22/h10-12,14-15,20-21,23-24,26H,6-9,13,16-19H2,1-5H3/t21-,23+,24+,26-/m0/s1. The highest BCUT2D eigenvalue weighted by Crippen LogP contribution is 2.24. The first-order valence-corrected chi connectivity index (χ1v) is 12.9. The Kier molecular flexibility index (Phi) is 11.6. The fraction of sp³-hybridized carbons (Fsp3) is 0.679. The third-order valence-electron chi connectivity index (χ3n) is 6.79. The fourth-order valence-electron chi connectivity index (χ4n) is 4.43. The minimum atomic E-state index is -0.862. The van der Waals surface area contributed by atoms with E-state index in [9.17, 15) is 14.4 Å². The molecule has 0 spiro atoms. The molecule has 6 heteroatoms. The molecule has 0 radical (unpaired) electrons. The van der Waals surface area contributed by atoms with Crippen LogP contribution in [0, 0.1) is 11.8 Å². The van der Waals surface area contributed by atoms with Gasteiger partial charge in [0, 0.05) is 19.5 Å². The molecule has 1 aliphatic heterocycles. The van der Waals surface area contributed by atoms with Crippen LogP contribution in [-0.2, 0) is 30.3 Å². The second kappa shape index (κ2) is 14.1. The summed E-state index contributed by atoms with van der Waals surface area (Å²) in [5.74, 6) is -1.80. The fourth-order valence-corrected chi connectivity index (χ4v) is 4.43. The molecular formula is C28H43NO5. The van der Waals surface area contributed by atoms with E-state index in [1.165, 1.54) is 6.42 Å². The van der Waals surface area contributed by atoms with Crippen LogP contribution in [-0.4, -0.2) is 48.0 Å². The molecule has 0 aliphatic carbocycles.